The lowest BCUT2D eigenvalue weighted by Crippen LogP contribution is -2.24. The highest BCUT2D eigenvalue weighted by Gasteiger charge is 2.05. The molecule has 2 N–H and O–H groups in total. The van der Waals surface area contributed by atoms with E-state index in [1.165, 1.54) is 6.92 Å². The van der Waals surface area contributed by atoms with Crippen molar-refractivity contribution in [2.75, 3.05) is 0 Å². The fraction of sp³-hybridized carbons (Fsp3) is 0.273. The number of phenols is 1. The Kier molecular flexibility index (Phi) is 3.85. The molecule has 0 saturated carbocycles. The molecule has 80 valence electrons. The Balaban J connectivity index is 2.47. The fourth-order valence-corrected chi connectivity index (χ4v) is 1.14. The molecule has 15 heavy (non-hydrogen) atoms. The van der Waals surface area contributed by atoms with E-state index in [4.69, 9.17) is 0 Å². The van der Waals surface area contributed by atoms with E-state index in [0.29, 0.717) is 5.56 Å². The van der Waals surface area contributed by atoms with Gasteiger partial charge < -0.3 is 10.4 Å². The van der Waals surface area contributed by atoms with E-state index in [-0.39, 0.29) is 30.4 Å². The average molecular weight is 207 g/mol. The van der Waals surface area contributed by atoms with Crippen molar-refractivity contribution in [1.29, 1.82) is 0 Å². The van der Waals surface area contributed by atoms with Crippen LogP contribution in [0, 0.1) is 0 Å². The van der Waals surface area contributed by atoms with E-state index in [1.807, 2.05) is 0 Å². The number of hydrogen-bond donors (Lipinski definition) is 2. The van der Waals surface area contributed by atoms with Crippen LogP contribution >= 0.6 is 0 Å². The van der Waals surface area contributed by atoms with Gasteiger partial charge in [-0.25, -0.2) is 0 Å². The second-order valence-corrected chi connectivity index (χ2v) is 3.28. The van der Waals surface area contributed by atoms with Gasteiger partial charge in [0.05, 0.1) is 6.42 Å². The molecule has 1 rings (SSSR count). The lowest BCUT2D eigenvalue weighted by Gasteiger charge is -2.05. The van der Waals surface area contributed by atoms with Crippen molar-refractivity contribution >= 4 is 11.7 Å². The van der Waals surface area contributed by atoms with Crippen LogP contribution < -0.4 is 5.32 Å². The predicted molar refractivity (Wildman–Crippen MR) is 55.3 cm³/mol. The van der Waals surface area contributed by atoms with Gasteiger partial charge in [0, 0.05) is 12.1 Å². The molecular formula is C11H13NO3. The van der Waals surface area contributed by atoms with Crippen LogP contribution in [0.15, 0.2) is 24.3 Å². The summed E-state index contributed by atoms with van der Waals surface area (Å²) >= 11 is 0. The Morgan fingerprint density at radius 3 is 2.60 bits per heavy atom. The zero-order chi connectivity index (χ0) is 11.3. The minimum atomic E-state index is -0.328. The van der Waals surface area contributed by atoms with Crippen molar-refractivity contribution in [2.24, 2.45) is 0 Å². The van der Waals surface area contributed by atoms with Crippen molar-refractivity contribution in [1.82, 2.24) is 5.32 Å². The number of rotatable bonds is 4. The maximum atomic E-state index is 11.1. The smallest absolute Gasteiger partial charge is 0.227 e. The zero-order valence-corrected chi connectivity index (χ0v) is 8.49. The Labute approximate surface area is 87.9 Å². The van der Waals surface area contributed by atoms with Crippen LogP contribution in [0.25, 0.3) is 0 Å². The number of Topliss-reactive ketones (excluding diaryl/α,β-unsaturated/α-hetero) is 1. The number of hydrogen-bond acceptors (Lipinski definition) is 3. The summed E-state index contributed by atoms with van der Waals surface area (Å²) in [5, 5.41) is 11.9. The van der Waals surface area contributed by atoms with Gasteiger partial charge in [-0.15, -0.1) is 0 Å². The van der Waals surface area contributed by atoms with Crippen molar-refractivity contribution in [3.63, 3.8) is 0 Å². The Morgan fingerprint density at radius 1 is 1.33 bits per heavy atom. The molecule has 0 aliphatic carbocycles. The Bertz CT molecular complexity index is 374. The average Bonchev–Trinajstić information content (AvgIpc) is 2.15. The highest BCUT2D eigenvalue weighted by atomic mass is 16.3. The number of ketones is 1. The van der Waals surface area contributed by atoms with Crippen LogP contribution in [0.1, 0.15) is 18.9 Å². The first kappa shape index (κ1) is 11.2. The molecule has 0 unspecified atom stereocenters. The molecule has 0 aliphatic heterocycles. The zero-order valence-electron chi connectivity index (χ0n) is 8.49. The van der Waals surface area contributed by atoms with Gasteiger partial charge in [0.25, 0.3) is 0 Å². The second-order valence-electron chi connectivity index (χ2n) is 3.28. The van der Waals surface area contributed by atoms with Crippen LogP contribution in [0.2, 0.25) is 0 Å². The van der Waals surface area contributed by atoms with Gasteiger partial charge in [-0.2, -0.15) is 0 Å². The van der Waals surface area contributed by atoms with Crippen LogP contribution in [0.4, 0.5) is 0 Å². The number of nitrogens with one attached hydrogen (secondary N) is 1. The van der Waals surface area contributed by atoms with E-state index in [0.717, 1.165) is 0 Å². The normalized spacial score (nSPS) is 9.67. The van der Waals surface area contributed by atoms with E-state index < -0.39 is 0 Å². The number of aromatic hydroxyl groups is 1. The van der Waals surface area contributed by atoms with Crippen molar-refractivity contribution in [3.05, 3.63) is 29.8 Å². The van der Waals surface area contributed by atoms with Gasteiger partial charge in [-0.05, 0) is 13.0 Å². The number of benzene rings is 1. The standard InChI is InChI=1S/C11H13NO3/c1-8(13)6-11(15)12-7-9-4-2-3-5-10(9)14/h2-5,14H,6-7H2,1H3,(H,12,15). The number of amides is 1. The van der Waals surface area contributed by atoms with Crippen LogP contribution in [0.5, 0.6) is 5.75 Å². The predicted octanol–water partition coefficient (Wildman–Crippen LogP) is 0.988. The minimum absolute atomic E-state index is 0.117. The quantitative estimate of drug-likeness (QED) is 0.723. The highest BCUT2D eigenvalue weighted by Crippen LogP contribution is 2.14. The third kappa shape index (κ3) is 3.81. The molecule has 1 aromatic carbocycles. The van der Waals surface area contributed by atoms with E-state index in [9.17, 15) is 14.7 Å². The number of para-hydroxylation sites is 1. The molecule has 4 nitrogen and oxygen atoms in total. The lowest BCUT2D eigenvalue weighted by molar-refractivity contribution is -0.127. The van der Waals surface area contributed by atoms with Crippen molar-refractivity contribution < 1.29 is 14.7 Å². The molecule has 0 bridgehead atoms. The van der Waals surface area contributed by atoms with Gasteiger partial charge in [-0.3, -0.25) is 9.59 Å². The molecule has 0 saturated heterocycles. The maximum Gasteiger partial charge on any atom is 0.227 e. The number of carbonyl (C=O) groups excluding carboxylic acids is 2. The summed E-state index contributed by atoms with van der Waals surface area (Å²) in [5.41, 5.74) is 0.634. The number of carbonyl (C=O) groups is 2. The molecule has 0 aliphatic rings. The summed E-state index contributed by atoms with van der Waals surface area (Å²) in [4.78, 5) is 21.7. The van der Waals surface area contributed by atoms with E-state index >= 15 is 0 Å². The van der Waals surface area contributed by atoms with Crippen LogP contribution in [0.3, 0.4) is 0 Å². The van der Waals surface area contributed by atoms with Crippen molar-refractivity contribution in [2.45, 2.75) is 19.9 Å². The van der Waals surface area contributed by atoms with E-state index in [2.05, 4.69) is 5.32 Å². The van der Waals surface area contributed by atoms with Gasteiger partial charge >= 0.3 is 0 Å². The summed E-state index contributed by atoms with van der Waals surface area (Å²) in [6, 6.07) is 6.73. The van der Waals surface area contributed by atoms with Gasteiger partial charge in [0.2, 0.25) is 5.91 Å². The lowest BCUT2D eigenvalue weighted by atomic mass is 10.2. The second kappa shape index (κ2) is 5.14. The highest BCUT2D eigenvalue weighted by molar-refractivity contribution is 5.96. The molecule has 1 amide bonds. The van der Waals surface area contributed by atoms with Gasteiger partial charge in [0.1, 0.15) is 11.5 Å². The van der Waals surface area contributed by atoms with Crippen LogP contribution in [-0.4, -0.2) is 16.8 Å². The summed E-state index contributed by atoms with van der Waals surface area (Å²) in [7, 11) is 0. The molecule has 0 heterocycles. The van der Waals surface area contributed by atoms with Crippen molar-refractivity contribution in [3.8, 4) is 5.75 Å². The monoisotopic (exact) mass is 207 g/mol. The van der Waals surface area contributed by atoms with Gasteiger partial charge in [0.15, 0.2) is 0 Å². The molecule has 0 radical (unpaired) electrons. The Hall–Kier alpha value is -1.84. The first-order chi connectivity index (χ1) is 7.09. The molecule has 4 heteroatoms. The maximum absolute atomic E-state index is 11.1. The summed E-state index contributed by atoms with van der Waals surface area (Å²) in [6.45, 7) is 1.60. The third-order valence-electron chi connectivity index (χ3n) is 1.88. The summed E-state index contributed by atoms with van der Waals surface area (Å²) in [6.07, 6.45) is -0.117. The first-order valence-electron chi connectivity index (χ1n) is 4.62. The first-order valence-corrected chi connectivity index (χ1v) is 4.62. The molecule has 1 aromatic rings. The SMILES string of the molecule is CC(=O)CC(=O)NCc1ccccc1O. The van der Waals surface area contributed by atoms with E-state index in [1.54, 1.807) is 24.3 Å². The molecular weight excluding hydrogens is 194 g/mol. The summed E-state index contributed by atoms with van der Waals surface area (Å²) < 4.78 is 0. The third-order valence-corrected chi connectivity index (χ3v) is 1.88. The summed E-state index contributed by atoms with van der Waals surface area (Å²) in [5.74, 6) is -0.365. The van der Waals surface area contributed by atoms with Crippen LogP contribution in [-0.2, 0) is 16.1 Å². The fourth-order valence-electron chi connectivity index (χ4n) is 1.14. The number of phenolic OH excluding ortho intramolecular Hbond substituents is 1. The molecule has 0 fully saturated rings. The van der Waals surface area contributed by atoms with Gasteiger partial charge in [-0.1, -0.05) is 18.2 Å². The topological polar surface area (TPSA) is 66.4 Å². The molecule has 0 aromatic heterocycles. The molecule has 0 atom stereocenters. The molecule has 0 spiro atoms. The Morgan fingerprint density at radius 2 is 2.00 bits per heavy atom. The minimum Gasteiger partial charge on any atom is -0.508 e. The largest absolute Gasteiger partial charge is 0.508 e.